The molecule has 3 N–H and O–H groups in total. The Morgan fingerprint density at radius 1 is 1.29 bits per heavy atom. The monoisotopic (exact) mass is 234 g/mol. The number of nitrogens with one attached hydrogen (secondary N) is 1. The largest absolute Gasteiger partial charge is 0.348 e. The molecule has 2 atom stereocenters. The zero-order valence-electron chi connectivity index (χ0n) is 10.6. The highest BCUT2D eigenvalue weighted by Gasteiger charge is 2.17. The second-order valence-electron chi connectivity index (χ2n) is 4.28. The highest BCUT2D eigenvalue weighted by atomic mass is 16.2. The lowest BCUT2D eigenvalue weighted by Gasteiger charge is -2.20. The minimum atomic E-state index is -0.391. The highest BCUT2D eigenvalue weighted by Crippen LogP contribution is 2.16. The quantitative estimate of drug-likeness (QED) is 0.794. The first kappa shape index (κ1) is 13.7. The topological polar surface area (TPSA) is 55.1 Å². The molecule has 0 spiro atoms. The average Bonchev–Trinajstić information content (AvgIpc) is 2.37. The van der Waals surface area contributed by atoms with Gasteiger partial charge >= 0.3 is 0 Å². The molecule has 3 nitrogen and oxygen atoms in total. The molecular formula is C14H22N2O. The van der Waals surface area contributed by atoms with Crippen molar-refractivity contribution < 1.29 is 4.79 Å². The molecule has 0 heterocycles. The van der Waals surface area contributed by atoms with Gasteiger partial charge in [-0.15, -0.1) is 0 Å². The molecular weight excluding hydrogens is 212 g/mol. The van der Waals surface area contributed by atoms with Crippen molar-refractivity contribution >= 4 is 5.91 Å². The Hall–Kier alpha value is -1.35. The van der Waals surface area contributed by atoms with Gasteiger partial charge in [-0.2, -0.15) is 0 Å². The number of hydrogen-bond acceptors (Lipinski definition) is 2. The zero-order chi connectivity index (χ0) is 12.7. The van der Waals surface area contributed by atoms with E-state index in [0.717, 1.165) is 24.8 Å². The van der Waals surface area contributed by atoms with Gasteiger partial charge in [-0.05, 0) is 18.4 Å². The van der Waals surface area contributed by atoms with E-state index in [4.69, 9.17) is 5.73 Å². The fourth-order valence-electron chi connectivity index (χ4n) is 1.83. The van der Waals surface area contributed by atoms with Gasteiger partial charge in [-0.1, -0.05) is 50.6 Å². The lowest BCUT2D eigenvalue weighted by Crippen LogP contribution is -2.42. The molecule has 0 saturated carbocycles. The summed E-state index contributed by atoms with van der Waals surface area (Å²) < 4.78 is 0. The van der Waals surface area contributed by atoms with Gasteiger partial charge in [0, 0.05) is 0 Å². The Morgan fingerprint density at radius 2 is 1.94 bits per heavy atom. The predicted octanol–water partition coefficient (Wildman–Crippen LogP) is 2.38. The summed E-state index contributed by atoms with van der Waals surface area (Å²) in [5, 5.41) is 3.00. The van der Waals surface area contributed by atoms with Gasteiger partial charge in [-0.25, -0.2) is 0 Å². The number of carbonyl (C=O) groups is 1. The van der Waals surface area contributed by atoms with Crippen LogP contribution in [0.4, 0.5) is 0 Å². The summed E-state index contributed by atoms with van der Waals surface area (Å²) >= 11 is 0. The molecule has 0 bridgehead atoms. The van der Waals surface area contributed by atoms with Crippen LogP contribution in [0.1, 0.15) is 44.7 Å². The molecule has 0 fully saturated rings. The minimum Gasteiger partial charge on any atom is -0.348 e. The predicted molar refractivity (Wildman–Crippen MR) is 70.5 cm³/mol. The van der Waals surface area contributed by atoms with Crippen LogP contribution in [0.3, 0.4) is 0 Å². The lowest BCUT2D eigenvalue weighted by atomic mass is 10.0. The molecule has 1 rings (SSSR count). The van der Waals surface area contributed by atoms with Crippen molar-refractivity contribution in [1.82, 2.24) is 5.32 Å². The maximum absolute atomic E-state index is 11.8. The summed E-state index contributed by atoms with van der Waals surface area (Å²) in [5.41, 5.74) is 6.93. The molecule has 2 unspecified atom stereocenters. The van der Waals surface area contributed by atoms with Crippen molar-refractivity contribution in [2.45, 2.75) is 45.2 Å². The van der Waals surface area contributed by atoms with E-state index in [1.54, 1.807) is 0 Å². The van der Waals surface area contributed by atoms with Gasteiger partial charge in [0.25, 0.3) is 0 Å². The maximum atomic E-state index is 11.8. The number of benzene rings is 1. The smallest absolute Gasteiger partial charge is 0.237 e. The fraction of sp³-hybridized carbons (Fsp3) is 0.500. The maximum Gasteiger partial charge on any atom is 0.237 e. The molecule has 94 valence electrons. The first-order chi connectivity index (χ1) is 8.19. The molecule has 1 aromatic carbocycles. The van der Waals surface area contributed by atoms with E-state index >= 15 is 0 Å². The van der Waals surface area contributed by atoms with Crippen LogP contribution in [0.15, 0.2) is 30.3 Å². The summed E-state index contributed by atoms with van der Waals surface area (Å²) in [5.74, 6) is -0.0532. The Balaban J connectivity index is 2.62. The summed E-state index contributed by atoms with van der Waals surface area (Å²) in [6.07, 6.45) is 2.53. The summed E-state index contributed by atoms with van der Waals surface area (Å²) in [6.45, 7) is 4.09. The third kappa shape index (κ3) is 4.19. The van der Waals surface area contributed by atoms with Crippen LogP contribution >= 0.6 is 0 Å². The molecule has 1 amide bonds. The molecule has 0 aromatic heterocycles. The van der Waals surface area contributed by atoms with Gasteiger partial charge < -0.3 is 11.1 Å². The molecule has 0 aliphatic rings. The van der Waals surface area contributed by atoms with Crippen LogP contribution in [-0.4, -0.2) is 11.9 Å². The molecule has 0 radical (unpaired) electrons. The number of nitrogens with two attached hydrogens (primary N) is 1. The van der Waals surface area contributed by atoms with Gasteiger partial charge in [0.15, 0.2) is 0 Å². The summed E-state index contributed by atoms with van der Waals surface area (Å²) in [4.78, 5) is 11.8. The zero-order valence-corrected chi connectivity index (χ0v) is 10.6. The van der Waals surface area contributed by atoms with Crippen LogP contribution in [0.2, 0.25) is 0 Å². The van der Waals surface area contributed by atoms with E-state index in [9.17, 15) is 4.79 Å². The van der Waals surface area contributed by atoms with Crippen LogP contribution in [-0.2, 0) is 4.79 Å². The Kier molecular flexibility index (Phi) is 5.70. The van der Waals surface area contributed by atoms with E-state index in [-0.39, 0.29) is 11.9 Å². The van der Waals surface area contributed by atoms with Crippen molar-refractivity contribution in [3.05, 3.63) is 35.9 Å². The van der Waals surface area contributed by atoms with Gasteiger partial charge in [0.1, 0.15) is 0 Å². The fourth-order valence-corrected chi connectivity index (χ4v) is 1.83. The molecule has 0 aliphatic carbocycles. The van der Waals surface area contributed by atoms with Crippen molar-refractivity contribution in [1.29, 1.82) is 0 Å². The van der Waals surface area contributed by atoms with E-state index < -0.39 is 6.04 Å². The second-order valence-corrected chi connectivity index (χ2v) is 4.28. The minimum absolute atomic E-state index is 0.0532. The van der Waals surface area contributed by atoms with E-state index in [0.29, 0.717) is 0 Å². The summed E-state index contributed by atoms with van der Waals surface area (Å²) in [7, 11) is 0. The van der Waals surface area contributed by atoms with Crippen molar-refractivity contribution in [2.24, 2.45) is 5.73 Å². The van der Waals surface area contributed by atoms with Gasteiger partial charge in [-0.3, -0.25) is 4.79 Å². The third-order valence-electron chi connectivity index (χ3n) is 2.86. The molecule has 17 heavy (non-hydrogen) atoms. The van der Waals surface area contributed by atoms with E-state index in [1.165, 1.54) is 0 Å². The van der Waals surface area contributed by atoms with Crippen LogP contribution < -0.4 is 11.1 Å². The van der Waals surface area contributed by atoms with E-state index in [2.05, 4.69) is 12.2 Å². The van der Waals surface area contributed by atoms with Crippen molar-refractivity contribution in [2.75, 3.05) is 0 Å². The van der Waals surface area contributed by atoms with Crippen LogP contribution in [0.5, 0.6) is 0 Å². The van der Waals surface area contributed by atoms with Crippen molar-refractivity contribution in [3.8, 4) is 0 Å². The summed E-state index contributed by atoms with van der Waals surface area (Å²) in [6, 6.07) is 9.66. The van der Waals surface area contributed by atoms with Crippen LogP contribution in [0, 0.1) is 0 Å². The Bertz CT molecular complexity index is 337. The number of hydrogen-bond donors (Lipinski definition) is 2. The Morgan fingerprint density at radius 3 is 2.47 bits per heavy atom. The van der Waals surface area contributed by atoms with Gasteiger partial charge in [0.2, 0.25) is 5.91 Å². The average molecular weight is 234 g/mol. The van der Waals surface area contributed by atoms with Gasteiger partial charge in [0.05, 0.1) is 12.1 Å². The lowest BCUT2D eigenvalue weighted by molar-refractivity contribution is -0.123. The molecule has 0 saturated heterocycles. The first-order valence-corrected chi connectivity index (χ1v) is 6.29. The second kappa shape index (κ2) is 7.07. The first-order valence-electron chi connectivity index (χ1n) is 6.29. The van der Waals surface area contributed by atoms with E-state index in [1.807, 2.05) is 37.3 Å². The molecule has 1 aromatic rings. The number of amides is 1. The van der Waals surface area contributed by atoms with Crippen molar-refractivity contribution in [3.63, 3.8) is 0 Å². The third-order valence-corrected chi connectivity index (χ3v) is 2.86. The Labute approximate surface area is 103 Å². The SMILES string of the molecule is CCCC(N)C(=O)NC(CC)c1ccccc1. The number of carbonyl (C=O) groups excluding carboxylic acids is 1. The normalized spacial score (nSPS) is 14.1. The molecule has 0 aliphatic heterocycles. The highest BCUT2D eigenvalue weighted by molar-refractivity contribution is 5.81. The van der Waals surface area contributed by atoms with Crippen LogP contribution in [0.25, 0.3) is 0 Å². The molecule has 3 heteroatoms. The number of rotatable bonds is 6. The standard InChI is InChI=1S/C14H22N2O/c1-3-8-12(15)14(17)16-13(4-2)11-9-6-5-7-10-11/h5-7,9-10,12-13H,3-4,8,15H2,1-2H3,(H,16,17).